The average Bonchev–Trinajstić information content (AvgIpc) is 3.38. The van der Waals surface area contributed by atoms with Gasteiger partial charge >= 0.3 is 5.69 Å². The Morgan fingerprint density at radius 1 is 1.23 bits per heavy atom. The first-order valence-electron chi connectivity index (χ1n) is 8.59. The highest BCUT2D eigenvalue weighted by Crippen LogP contribution is 2.31. The molecule has 5 rings (SSSR count). The SMILES string of the molecule is O=c1[nH]nc2n1CC1(CCN(Cc3noc(-c4ccccc4)n3)C1)OC2. The van der Waals surface area contributed by atoms with E-state index >= 15 is 0 Å². The molecule has 1 unspecified atom stereocenters. The number of ether oxygens (including phenoxy) is 1. The van der Waals surface area contributed by atoms with Gasteiger partial charge in [-0.3, -0.25) is 9.47 Å². The van der Waals surface area contributed by atoms with E-state index in [-0.39, 0.29) is 11.3 Å². The van der Waals surface area contributed by atoms with Crippen LogP contribution in [0.3, 0.4) is 0 Å². The van der Waals surface area contributed by atoms with E-state index in [1.807, 2.05) is 30.3 Å². The topological polar surface area (TPSA) is 102 Å². The Kier molecular flexibility index (Phi) is 3.50. The van der Waals surface area contributed by atoms with Crippen molar-refractivity contribution in [1.29, 1.82) is 0 Å². The van der Waals surface area contributed by atoms with Crippen molar-refractivity contribution in [3.05, 3.63) is 52.5 Å². The van der Waals surface area contributed by atoms with Gasteiger partial charge in [-0.1, -0.05) is 23.4 Å². The molecule has 2 aliphatic heterocycles. The molecule has 1 fully saturated rings. The molecule has 1 aromatic carbocycles. The standard InChI is InChI=1S/C17H18N6O3/c24-16-20-19-14-9-25-17(11-23(14)16)6-7-22(10-17)8-13-18-15(26-21-13)12-4-2-1-3-5-12/h1-5H,6-11H2,(H,20,24). The van der Waals surface area contributed by atoms with Gasteiger partial charge in [-0.2, -0.15) is 10.1 Å². The summed E-state index contributed by atoms with van der Waals surface area (Å²) in [7, 11) is 0. The molecule has 134 valence electrons. The van der Waals surface area contributed by atoms with Crippen molar-refractivity contribution in [2.75, 3.05) is 13.1 Å². The second-order valence-electron chi connectivity index (χ2n) is 6.85. The number of fused-ring (bicyclic) bond motifs is 1. The zero-order valence-corrected chi connectivity index (χ0v) is 14.1. The van der Waals surface area contributed by atoms with E-state index in [9.17, 15) is 4.79 Å². The predicted octanol–water partition coefficient (Wildman–Crippen LogP) is 0.796. The maximum Gasteiger partial charge on any atom is 0.343 e. The van der Waals surface area contributed by atoms with E-state index in [1.165, 1.54) is 0 Å². The summed E-state index contributed by atoms with van der Waals surface area (Å²) in [6.07, 6.45) is 0.855. The van der Waals surface area contributed by atoms with Gasteiger partial charge in [-0.15, -0.1) is 0 Å². The van der Waals surface area contributed by atoms with Gasteiger partial charge in [0.05, 0.1) is 13.1 Å². The van der Waals surface area contributed by atoms with Gasteiger partial charge in [0.2, 0.25) is 0 Å². The molecule has 9 nitrogen and oxygen atoms in total. The highest BCUT2D eigenvalue weighted by atomic mass is 16.5. The van der Waals surface area contributed by atoms with Gasteiger partial charge in [0.15, 0.2) is 11.6 Å². The Bertz CT molecular complexity index is 978. The fourth-order valence-corrected chi connectivity index (χ4v) is 3.70. The van der Waals surface area contributed by atoms with Gasteiger partial charge in [0.1, 0.15) is 12.2 Å². The summed E-state index contributed by atoms with van der Waals surface area (Å²) in [5, 5.41) is 10.6. The Hall–Kier alpha value is -2.78. The number of aromatic amines is 1. The number of aromatic nitrogens is 5. The van der Waals surface area contributed by atoms with Gasteiger partial charge in [-0.05, 0) is 18.6 Å². The Morgan fingerprint density at radius 2 is 2.12 bits per heavy atom. The van der Waals surface area contributed by atoms with Gasteiger partial charge in [0.25, 0.3) is 5.89 Å². The summed E-state index contributed by atoms with van der Waals surface area (Å²) in [6.45, 7) is 3.05. The van der Waals surface area contributed by atoms with Crippen molar-refractivity contribution < 1.29 is 9.26 Å². The lowest BCUT2D eigenvalue weighted by Crippen LogP contribution is -2.46. The lowest BCUT2D eigenvalue weighted by molar-refractivity contribution is -0.0833. The van der Waals surface area contributed by atoms with Crippen molar-refractivity contribution in [2.24, 2.45) is 0 Å². The summed E-state index contributed by atoms with van der Waals surface area (Å²) >= 11 is 0. The van der Waals surface area contributed by atoms with Crippen LogP contribution in [0.25, 0.3) is 11.5 Å². The van der Waals surface area contributed by atoms with E-state index in [2.05, 4.69) is 25.2 Å². The number of likely N-dealkylation sites (tertiary alicyclic amines) is 1. The maximum absolute atomic E-state index is 11.9. The summed E-state index contributed by atoms with van der Waals surface area (Å²) in [5.41, 5.74) is 0.380. The lowest BCUT2D eigenvalue weighted by Gasteiger charge is -2.33. The minimum Gasteiger partial charge on any atom is -0.364 e. The minimum atomic E-state index is -0.354. The summed E-state index contributed by atoms with van der Waals surface area (Å²) in [5.74, 6) is 1.83. The lowest BCUT2D eigenvalue weighted by atomic mass is 10.0. The van der Waals surface area contributed by atoms with Gasteiger partial charge in [-0.25, -0.2) is 9.89 Å². The third kappa shape index (κ3) is 2.65. The first-order chi connectivity index (χ1) is 12.7. The summed E-state index contributed by atoms with van der Waals surface area (Å²) in [6, 6.07) is 9.72. The molecule has 2 aliphatic rings. The molecule has 1 N–H and O–H groups in total. The van der Waals surface area contributed by atoms with Crippen LogP contribution in [-0.2, 0) is 24.4 Å². The first kappa shape index (κ1) is 15.5. The Labute approximate surface area is 148 Å². The summed E-state index contributed by atoms with van der Waals surface area (Å²) < 4.78 is 13.1. The van der Waals surface area contributed by atoms with Crippen LogP contribution >= 0.6 is 0 Å². The molecule has 0 aliphatic carbocycles. The number of H-pyrrole nitrogens is 1. The zero-order chi connectivity index (χ0) is 17.6. The minimum absolute atomic E-state index is 0.174. The molecule has 3 aromatic rings. The van der Waals surface area contributed by atoms with Crippen molar-refractivity contribution in [3.63, 3.8) is 0 Å². The molecule has 0 saturated carbocycles. The fraction of sp³-hybridized carbons (Fsp3) is 0.412. The zero-order valence-electron chi connectivity index (χ0n) is 14.1. The van der Waals surface area contributed by atoms with Crippen LogP contribution in [0.2, 0.25) is 0 Å². The highest BCUT2D eigenvalue weighted by Gasteiger charge is 2.43. The third-order valence-corrected chi connectivity index (χ3v) is 5.04. The number of nitrogens with zero attached hydrogens (tertiary/aromatic N) is 5. The molecule has 0 bridgehead atoms. The predicted molar refractivity (Wildman–Crippen MR) is 90.0 cm³/mol. The maximum atomic E-state index is 11.9. The van der Waals surface area contributed by atoms with Crippen LogP contribution in [0.1, 0.15) is 18.1 Å². The van der Waals surface area contributed by atoms with Gasteiger partial charge in [0, 0.05) is 18.7 Å². The number of hydrogen-bond donors (Lipinski definition) is 1. The Balaban J connectivity index is 1.28. The number of hydrogen-bond acceptors (Lipinski definition) is 7. The van der Waals surface area contributed by atoms with Crippen molar-refractivity contribution in [3.8, 4) is 11.5 Å². The highest BCUT2D eigenvalue weighted by molar-refractivity contribution is 5.51. The van der Waals surface area contributed by atoms with Crippen LogP contribution in [-0.4, -0.2) is 48.5 Å². The number of rotatable bonds is 3. The van der Waals surface area contributed by atoms with Crippen molar-refractivity contribution in [1.82, 2.24) is 29.8 Å². The van der Waals surface area contributed by atoms with E-state index in [0.717, 1.165) is 25.1 Å². The van der Waals surface area contributed by atoms with Crippen molar-refractivity contribution in [2.45, 2.75) is 31.7 Å². The molecule has 1 saturated heterocycles. The average molecular weight is 354 g/mol. The molecule has 26 heavy (non-hydrogen) atoms. The number of nitrogens with one attached hydrogen (secondary N) is 1. The van der Waals surface area contributed by atoms with Crippen LogP contribution in [0.5, 0.6) is 0 Å². The van der Waals surface area contributed by atoms with E-state index in [0.29, 0.717) is 37.2 Å². The second kappa shape index (κ2) is 5.89. The van der Waals surface area contributed by atoms with Crippen LogP contribution in [0, 0.1) is 0 Å². The largest absolute Gasteiger partial charge is 0.364 e. The first-order valence-corrected chi connectivity index (χ1v) is 8.59. The second-order valence-corrected chi connectivity index (χ2v) is 6.85. The smallest absolute Gasteiger partial charge is 0.343 e. The third-order valence-electron chi connectivity index (χ3n) is 5.04. The van der Waals surface area contributed by atoms with E-state index in [4.69, 9.17) is 9.26 Å². The van der Waals surface area contributed by atoms with Gasteiger partial charge < -0.3 is 9.26 Å². The molecule has 0 radical (unpaired) electrons. The monoisotopic (exact) mass is 354 g/mol. The molecule has 1 spiro atoms. The molecule has 9 heteroatoms. The van der Waals surface area contributed by atoms with Crippen molar-refractivity contribution >= 4 is 0 Å². The van der Waals surface area contributed by atoms with E-state index in [1.54, 1.807) is 4.57 Å². The molecular formula is C17H18N6O3. The van der Waals surface area contributed by atoms with Crippen LogP contribution in [0.4, 0.5) is 0 Å². The number of benzene rings is 1. The Morgan fingerprint density at radius 3 is 3.00 bits per heavy atom. The fourth-order valence-electron chi connectivity index (χ4n) is 3.70. The molecule has 4 heterocycles. The van der Waals surface area contributed by atoms with E-state index < -0.39 is 0 Å². The molecule has 1 atom stereocenters. The quantitative estimate of drug-likeness (QED) is 0.742. The summed E-state index contributed by atoms with van der Waals surface area (Å²) in [4.78, 5) is 18.6. The molecule has 2 aromatic heterocycles. The molecule has 0 amide bonds. The van der Waals surface area contributed by atoms with Crippen LogP contribution in [0.15, 0.2) is 39.6 Å². The van der Waals surface area contributed by atoms with Crippen LogP contribution < -0.4 is 5.69 Å². The normalized spacial score (nSPS) is 22.8. The molecular weight excluding hydrogens is 336 g/mol.